The normalized spacial score (nSPS) is 22.0. The van der Waals surface area contributed by atoms with Gasteiger partial charge in [0, 0.05) is 25.0 Å². The maximum absolute atomic E-state index is 5.40. The van der Waals surface area contributed by atoms with E-state index in [1.807, 2.05) is 0 Å². The van der Waals surface area contributed by atoms with Gasteiger partial charge in [0.2, 0.25) is 5.13 Å². The molecule has 0 radical (unpaired) electrons. The Hall–Kier alpha value is -0.680. The fourth-order valence-electron chi connectivity index (χ4n) is 2.00. The molecule has 17 heavy (non-hydrogen) atoms. The van der Waals surface area contributed by atoms with Crippen molar-refractivity contribution in [2.75, 3.05) is 18.5 Å². The third-order valence-electron chi connectivity index (χ3n) is 3.07. The molecule has 1 aromatic heterocycles. The Labute approximate surface area is 107 Å². The van der Waals surface area contributed by atoms with Crippen LogP contribution < -0.4 is 5.32 Å². The molecule has 2 atom stereocenters. The molecule has 1 aromatic rings. The van der Waals surface area contributed by atoms with E-state index in [1.54, 1.807) is 11.3 Å². The first kappa shape index (κ1) is 12.8. The van der Waals surface area contributed by atoms with Crippen LogP contribution in [-0.4, -0.2) is 29.5 Å². The third-order valence-corrected chi connectivity index (χ3v) is 3.95. The molecule has 1 aliphatic rings. The standard InChI is InChI=1S/C12H21N3OS/c1-8(2)6-11-14-15-12(17-11)13-9(3)10-4-5-16-7-10/h8-10H,4-7H2,1-3H3,(H,13,15). The Bertz CT molecular complexity index is 347. The van der Waals surface area contributed by atoms with Crippen LogP contribution in [0.4, 0.5) is 5.13 Å². The number of hydrogen-bond acceptors (Lipinski definition) is 5. The van der Waals surface area contributed by atoms with Crippen molar-refractivity contribution >= 4 is 16.5 Å². The number of nitrogens with one attached hydrogen (secondary N) is 1. The first-order valence-electron chi connectivity index (χ1n) is 6.32. The lowest BCUT2D eigenvalue weighted by molar-refractivity contribution is 0.183. The molecule has 5 heteroatoms. The summed E-state index contributed by atoms with van der Waals surface area (Å²) in [4.78, 5) is 0. The molecule has 1 N–H and O–H groups in total. The van der Waals surface area contributed by atoms with Gasteiger partial charge in [0.1, 0.15) is 5.01 Å². The summed E-state index contributed by atoms with van der Waals surface area (Å²) in [6.45, 7) is 8.36. The van der Waals surface area contributed by atoms with Crippen molar-refractivity contribution in [3.05, 3.63) is 5.01 Å². The predicted molar refractivity (Wildman–Crippen MR) is 70.5 cm³/mol. The van der Waals surface area contributed by atoms with Gasteiger partial charge in [-0.25, -0.2) is 0 Å². The van der Waals surface area contributed by atoms with Gasteiger partial charge in [0.25, 0.3) is 0 Å². The summed E-state index contributed by atoms with van der Waals surface area (Å²) in [5.74, 6) is 1.24. The second-order valence-electron chi connectivity index (χ2n) is 5.16. The topological polar surface area (TPSA) is 47.0 Å². The second-order valence-corrected chi connectivity index (χ2v) is 6.22. The van der Waals surface area contributed by atoms with E-state index in [2.05, 4.69) is 36.3 Å². The highest BCUT2D eigenvalue weighted by molar-refractivity contribution is 7.15. The molecule has 2 rings (SSSR count). The van der Waals surface area contributed by atoms with E-state index in [-0.39, 0.29) is 0 Å². The molecule has 0 aromatic carbocycles. The van der Waals surface area contributed by atoms with Crippen LogP contribution in [0.2, 0.25) is 0 Å². The summed E-state index contributed by atoms with van der Waals surface area (Å²) >= 11 is 1.67. The van der Waals surface area contributed by atoms with Crippen LogP contribution in [0.3, 0.4) is 0 Å². The van der Waals surface area contributed by atoms with Gasteiger partial charge >= 0.3 is 0 Å². The molecule has 0 amide bonds. The van der Waals surface area contributed by atoms with Gasteiger partial charge in [0.05, 0.1) is 6.61 Å². The van der Waals surface area contributed by atoms with E-state index in [1.165, 1.54) is 0 Å². The highest BCUT2D eigenvalue weighted by Gasteiger charge is 2.23. The lowest BCUT2D eigenvalue weighted by atomic mass is 10.0. The summed E-state index contributed by atoms with van der Waals surface area (Å²) in [5.41, 5.74) is 0. The first-order chi connectivity index (χ1) is 8.15. The van der Waals surface area contributed by atoms with Crippen LogP contribution in [0.25, 0.3) is 0 Å². The zero-order valence-electron chi connectivity index (χ0n) is 10.8. The number of rotatable bonds is 5. The molecule has 96 valence electrons. The number of nitrogens with zero attached hydrogens (tertiary/aromatic N) is 2. The minimum absolute atomic E-state index is 0.414. The Morgan fingerprint density at radius 3 is 2.88 bits per heavy atom. The molecule has 1 saturated heterocycles. The quantitative estimate of drug-likeness (QED) is 0.878. The molecule has 2 unspecified atom stereocenters. The summed E-state index contributed by atoms with van der Waals surface area (Å²) < 4.78 is 5.40. The van der Waals surface area contributed by atoms with Crippen molar-refractivity contribution < 1.29 is 4.74 Å². The fraction of sp³-hybridized carbons (Fsp3) is 0.833. The molecule has 4 nitrogen and oxygen atoms in total. The smallest absolute Gasteiger partial charge is 0.205 e. The molecule has 2 heterocycles. The monoisotopic (exact) mass is 255 g/mol. The van der Waals surface area contributed by atoms with E-state index in [9.17, 15) is 0 Å². The summed E-state index contributed by atoms with van der Waals surface area (Å²) in [5, 5.41) is 13.9. The van der Waals surface area contributed by atoms with Crippen molar-refractivity contribution in [2.45, 2.75) is 39.7 Å². The van der Waals surface area contributed by atoms with E-state index >= 15 is 0 Å². The second kappa shape index (κ2) is 5.78. The van der Waals surface area contributed by atoms with E-state index in [0.717, 1.165) is 36.2 Å². The molecule has 0 saturated carbocycles. The highest BCUT2D eigenvalue weighted by Crippen LogP contribution is 2.23. The summed E-state index contributed by atoms with van der Waals surface area (Å²) in [7, 11) is 0. The minimum Gasteiger partial charge on any atom is -0.381 e. The summed E-state index contributed by atoms with van der Waals surface area (Å²) in [6.07, 6.45) is 2.16. The van der Waals surface area contributed by atoms with Gasteiger partial charge in [-0.05, 0) is 19.3 Å². The Kier molecular flexibility index (Phi) is 4.34. The van der Waals surface area contributed by atoms with Gasteiger partial charge < -0.3 is 10.1 Å². The molecule has 1 fully saturated rings. The third kappa shape index (κ3) is 3.64. The van der Waals surface area contributed by atoms with Crippen LogP contribution in [0.1, 0.15) is 32.2 Å². The zero-order chi connectivity index (χ0) is 12.3. The van der Waals surface area contributed by atoms with Crippen LogP contribution in [-0.2, 0) is 11.2 Å². The first-order valence-corrected chi connectivity index (χ1v) is 7.13. The van der Waals surface area contributed by atoms with Gasteiger partial charge in [0.15, 0.2) is 0 Å². The largest absolute Gasteiger partial charge is 0.381 e. The molecule has 1 aliphatic heterocycles. The van der Waals surface area contributed by atoms with Crippen molar-refractivity contribution in [3.63, 3.8) is 0 Å². The van der Waals surface area contributed by atoms with Gasteiger partial charge in [-0.1, -0.05) is 25.2 Å². The fourth-order valence-corrected chi connectivity index (χ4v) is 3.05. The Morgan fingerprint density at radius 2 is 2.24 bits per heavy atom. The predicted octanol–water partition coefficient (Wildman–Crippen LogP) is 2.57. The highest BCUT2D eigenvalue weighted by atomic mass is 32.1. The number of ether oxygens (including phenoxy) is 1. The maximum atomic E-state index is 5.40. The van der Waals surface area contributed by atoms with Gasteiger partial charge in [-0.15, -0.1) is 10.2 Å². The van der Waals surface area contributed by atoms with Gasteiger partial charge in [-0.2, -0.15) is 0 Å². The zero-order valence-corrected chi connectivity index (χ0v) is 11.6. The average molecular weight is 255 g/mol. The lowest BCUT2D eigenvalue weighted by Crippen LogP contribution is -2.25. The SMILES string of the molecule is CC(C)Cc1nnc(NC(C)C2CCOC2)s1. The molecular formula is C12H21N3OS. The van der Waals surface area contributed by atoms with E-state index in [0.29, 0.717) is 17.9 Å². The van der Waals surface area contributed by atoms with Crippen LogP contribution >= 0.6 is 11.3 Å². The van der Waals surface area contributed by atoms with Crippen molar-refractivity contribution in [1.29, 1.82) is 0 Å². The molecule has 0 spiro atoms. The molecule has 0 aliphatic carbocycles. The van der Waals surface area contributed by atoms with Crippen LogP contribution in [0, 0.1) is 11.8 Å². The number of anilines is 1. The number of hydrogen-bond donors (Lipinski definition) is 1. The Balaban J connectivity index is 1.87. The average Bonchev–Trinajstić information content (AvgIpc) is 2.87. The summed E-state index contributed by atoms with van der Waals surface area (Å²) in [6, 6.07) is 0.414. The molecule has 0 bridgehead atoms. The van der Waals surface area contributed by atoms with E-state index < -0.39 is 0 Å². The lowest BCUT2D eigenvalue weighted by Gasteiger charge is -2.17. The van der Waals surface area contributed by atoms with Gasteiger partial charge in [-0.3, -0.25) is 0 Å². The van der Waals surface area contributed by atoms with Crippen molar-refractivity contribution in [2.24, 2.45) is 11.8 Å². The molecular weight excluding hydrogens is 234 g/mol. The Morgan fingerprint density at radius 1 is 1.41 bits per heavy atom. The van der Waals surface area contributed by atoms with Crippen molar-refractivity contribution in [1.82, 2.24) is 10.2 Å². The van der Waals surface area contributed by atoms with Crippen LogP contribution in [0.5, 0.6) is 0 Å². The van der Waals surface area contributed by atoms with Crippen LogP contribution in [0.15, 0.2) is 0 Å². The van der Waals surface area contributed by atoms with Crippen molar-refractivity contribution in [3.8, 4) is 0 Å². The maximum Gasteiger partial charge on any atom is 0.205 e. The minimum atomic E-state index is 0.414. The van der Waals surface area contributed by atoms with E-state index in [4.69, 9.17) is 4.74 Å². The number of aromatic nitrogens is 2.